The number of allylic oxidation sites excluding steroid dienone is 8. The van der Waals surface area contributed by atoms with Gasteiger partial charge in [0, 0.05) is 47.5 Å². The standard InChI is InChI=1S/C41H54N2O9S3/c1-29(2)39-30(18-22-37-40(3,4)33-16-7-8-17-35(33)42(37)24-9-11-26-52-53(44)45)14-13-15-31(39)19-23-38-41(5,6)34-28-32(55(49,50)51)20-21-36(34)43(38)25-10-12-27-54(46,47)48/h7-8,16-23,28-29H,9-15,24-27H2,1-6H3,(H2-,44,45,46,47,48,49,50,51)/p+1. The van der Waals surface area contributed by atoms with Crippen LogP contribution in [-0.2, 0) is 46.6 Å². The second kappa shape index (κ2) is 17.1. The first-order valence-electron chi connectivity index (χ1n) is 18.9. The van der Waals surface area contributed by atoms with Crippen molar-refractivity contribution < 1.29 is 43.5 Å². The number of fused-ring (bicyclic) bond motifs is 2. The molecule has 300 valence electrons. The lowest BCUT2D eigenvalue weighted by Gasteiger charge is -2.28. The van der Waals surface area contributed by atoms with Crippen LogP contribution in [0.25, 0.3) is 0 Å². The molecule has 3 aliphatic rings. The first-order chi connectivity index (χ1) is 25.7. The molecule has 0 saturated carbocycles. The van der Waals surface area contributed by atoms with E-state index in [-0.39, 0.29) is 35.0 Å². The molecule has 3 N–H and O–H groups in total. The van der Waals surface area contributed by atoms with Gasteiger partial charge in [-0.25, -0.2) is 0 Å². The van der Waals surface area contributed by atoms with Crippen LogP contribution in [0.3, 0.4) is 0 Å². The largest absolute Gasteiger partial charge is 0.344 e. The number of anilines is 1. The number of hydrogen-bond donors (Lipinski definition) is 3. The maximum absolute atomic E-state index is 12.1. The molecule has 0 bridgehead atoms. The van der Waals surface area contributed by atoms with E-state index >= 15 is 0 Å². The molecule has 0 saturated heterocycles. The maximum atomic E-state index is 12.1. The van der Waals surface area contributed by atoms with Crippen molar-refractivity contribution in [3.05, 3.63) is 100 Å². The number of hydrogen-bond acceptors (Lipinski definition) is 7. The summed E-state index contributed by atoms with van der Waals surface area (Å²) in [5, 5.41) is 0. The molecule has 0 fully saturated rings. The Morgan fingerprint density at radius 2 is 1.64 bits per heavy atom. The Balaban J connectivity index is 1.52. The van der Waals surface area contributed by atoms with Crippen LogP contribution in [0.5, 0.6) is 0 Å². The van der Waals surface area contributed by atoms with E-state index in [0.29, 0.717) is 19.4 Å². The molecule has 2 aromatic carbocycles. The summed E-state index contributed by atoms with van der Waals surface area (Å²) in [6.07, 6.45) is 13.8. The topological polar surface area (TPSA) is 162 Å². The number of para-hydroxylation sites is 1. The molecular formula is C41H55N2O9S3+. The fourth-order valence-electron chi connectivity index (χ4n) is 8.39. The Kier molecular flexibility index (Phi) is 13.3. The third-order valence-electron chi connectivity index (χ3n) is 11.0. The molecule has 5 rings (SSSR count). The van der Waals surface area contributed by atoms with Crippen LogP contribution in [-0.4, -0.2) is 70.4 Å². The zero-order chi connectivity index (χ0) is 40.3. The predicted octanol–water partition coefficient (Wildman–Crippen LogP) is 8.21. The molecule has 0 aromatic heterocycles. The molecule has 2 heterocycles. The molecule has 2 aromatic rings. The van der Waals surface area contributed by atoms with Gasteiger partial charge in [-0.15, -0.1) is 0 Å². The van der Waals surface area contributed by atoms with E-state index < -0.39 is 37.0 Å². The molecule has 0 radical (unpaired) electrons. The zero-order valence-electron chi connectivity index (χ0n) is 32.6. The normalized spacial score (nSPS) is 20.4. The lowest BCUT2D eigenvalue weighted by Crippen LogP contribution is -2.28. The fraction of sp³-hybridized carbons (Fsp3) is 0.488. The summed E-state index contributed by atoms with van der Waals surface area (Å²) in [5.74, 6) is -0.108. The highest BCUT2D eigenvalue weighted by Gasteiger charge is 2.44. The van der Waals surface area contributed by atoms with Crippen molar-refractivity contribution in [2.24, 2.45) is 5.92 Å². The molecule has 55 heavy (non-hydrogen) atoms. The third kappa shape index (κ3) is 9.84. The monoisotopic (exact) mass is 815 g/mol. The Hall–Kier alpha value is -3.24. The first-order valence-corrected chi connectivity index (χ1v) is 23.0. The number of benzene rings is 2. The summed E-state index contributed by atoms with van der Waals surface area (Å²) in [6.45, 7) is 14.3. The molecule has 14 heteroatoms. The van der Waals surface area contributed by atoms with Gasteiger partial charge >= 0.3 is 11.4 Å². The Labute approximate surface area is 329 Å². The third-order valence-corrected chi connectivity index (χ3v) is 13.0. The molecule has 0 spiro atoms. The average molecular weight is 816 g/mol. The van der Waals surface area contributed by atoms with E-state index in [1.165, 1.54) is 45.8 Å². The first kappa shape index (κ1) is 42.9. The van der Waals surface area contributed by atoms with Gasteiger partial charge in [0.2, 0.25) is 5.69 Å². The zero-order valence-corrected chi connectivity index (χ0v) is 35.1. The predicted molar refractivity (Wildman–Crippen MR) is 219 cm³/mol. The number of nitrogens with zero attached hydrogens (tertiary/aromatic N) is 2. The van der Waals surface area contributed by atoms with Gasteiger partial charge in [-0.1, -0.05) is 58.0 Å². The minimum absolute atomic E-state index is 0.183. The van der Waals surface area contributed by atoms with Gasteiger partial charge in [-0.05, 0) is 105 Å². The summed E-state index contributed by atoms with van der Waals surface area (Å²) < 4.78 is 93.4. The van der Waals surface area contributed by atoms with Gasteiger partial charge in [-0.3, -0.25) is 17.8 Å². The molecule has 0 amide bonds. The van der Waals surface area contributed by atoms with E-state index in [2.05, 4.69) is 85.7 Å². The summed E-state index contributed by atoms with van der Waals surface area (Å²) in [4.78, 5) is 1.91. The molecule has 1 atom stereocenters. The van der Waals surface area contributed by atoms with Crippen LogP contribution in [0.4, 0.5) is 11.4 Å². The Bertz CT molecular complexity index is 2200. The summed E-state index contributed by atoms with van der Waals surface area (Å²) >= 11 is -2.27. The highest BCUT2D eigenvalue weighted by Crippen LogP contribution is 2.49. The van der Waals surface area contributed by atoms with E-state index in [9.17, 15) is 30.1 Å². The van der Waals surface area contributed by atoms with Crippen molar-refractivity contribution in [1.82, 2.24) is 0 Å². The van der Waals surface area contributed by atoms with E-state index in [4.69, 9.17) is 8.74 Å². The summed E-state index contributed by atoms with van der Waals surface area (Å²) in [7, 11) is -8.53. The van der Waals surface area contributed by atoms with Crippen LogP contribution >= 0.6 is 0 Å². The summed E-state index contributed by atoms with van der Waals surface area (Å²) in [5.41, 5.74) is 8.97. The van der Waals surface area contributed by atoms with Crippen molar-refractivity contribution >= 4 is 48.7 Å². The van der Waals surface area contributed by atoms with Gasteiger partial charge in [-0.2, -0.15) is 25.6 Å². The minimum Gasteiger partial charge on any atom is -0.344 e. The van der Waals surface area contributed by atoms with Crippen molar-refractivity contribution in [1.29, 1.82) is 0 Å². The Morgan fingerprint density at radius 3 is 2.31 bits per heavy atom. The quantitative estimate of drug-likeness (QED) is 0.0652. The van der Waals surface area contributed by atoms with Gasteiger partial charge in [0.05, 0.1) is 22.7 Å². The van der Waals surface area contributed by atoms with Crippen molar-refractivity contribution in [3.8, 4) is 0 Å². The van der Waals surface area contributed by atoms with Gasteiger partial charge in [0.15, 0.2) is 5.71 Å². The van der Waals surface area contributed by atoms with Crippen molar-refractivity contribution in [2.75, 3.05) is 30.3 Å². The molecule has 1 unspecified atom stereocenters. The molecular weight excluding hydrogens is 761 g/mol. The van der Waals surface area contributed by atoms with Crippen LogP contribution < -0.4 is 4.90 Å². The smallest absolute Gasteiger partial charge is 0.301 e. The SMILES string of the molecule is CC(C)C1=C(/C=C/C2=[N+](CCCCOS(=O)O)c3ccccc3C2(C)C)CCC/C1=C\C=C1\N(CCCCS(=O)(=O)O)c2ccc(S(=O)(=O)O)cc2C1(C)C. The molecule has 1 aliphatic carbocycles. The fourth-order valence-corrected chi connectivity index (χ4v) is 9.72. The lowest BCUT2D eigenvalue weighted by atomic mass is 9.79. The second-order valence-corrected chi connectivity index (χ2v) is 19.5. The highest BCUT2D eigenvalue weighted by atomic mass is 32.2. The lowest BCUT2D eigenvalue weighted by molar-refractivity contribution is -0.438. The average Bonchev–Trinajstić information content (AvgIpc) is 3.44. The van der Waals surface area contributed by atoms with Crippen molar-refractivity contribution in [3.63, 3.8) is 0 Å². The molecule has 2 aliphatic heterocycles. The Morgan fingerprint density at radius 1 is 0.909 bits per heavy atom. The van der Waals surface area contributed by atoms with Crippen LogP contribution in [0.2, 0.25) is 0 Å². The van der Waals surface area contributed by atoms with E-state index in [1.54, 1.807) is 6.07 Å². The number of unbranched alkanes of at least 4 members (excludes halogenated alkanes) is 2. The van der Waals surface area contributed by atoms with Crippen LogP contribution in [0.15, 0.2) is 94.1 Å². The van der Waals surface area contributed by atoms with Crippen molar-refractivity contribution in [2.45, 2.75) is 102 Å². The van der Waals surface area contributed by atoms with E-state index in [1.807, 2.05) is 13.8 Å². The highest BCUT2D eigenvalue weighted by molar-refractivity contribution is 7.86. The number of rotatable bonds is 16. The van der Waals surface area contributed by atoms with Gasteiger partial charge in [0.1, 0.15) is 6.54 Å². The van der Waals surface area contributed by atoms with Crippen LogP contribution in [0, 0.1) is 5.92 Å². The minimum atomic E-state index is -4.43. The molecule has 11 nitrogen and oxygen atoms in total. The van der Waals surface area contributed by atoms with Crippen LogP contribution in [0.1, 0.15) is 97.6 Å². The van der Waals surface area contributed by atoms with Gasteiger partial charge in [0.25, 0.3) is 20.2 Å². The van der Waals surface area contributed by atoms with Gasteiger partial charge < -0.3 is 4.90 Å². The maximum Gasteiger partial charge on any atom is 0.301 e. The summed E-state index contributed by atoms with van der Waals surface area (Å²) in [6, 6.07) is 13.0. The van der Waals surface area contributed by atoms with E-state index in [0.717, 1.165) is 49.2 Å². The second-order valence-electron chi connectivity index (χ2n) is 15.9.